The average molecular weight is 315 g/mol. The number of hydrogen-bond donors (Lipinski definition) is 1. The molecule has 1 aromatic heterocycles. The van der Waals surface area contributed by atoms with E-state index in [9.17, 15) is 0 Å². The van der Waals surface area contributed by atoms with E-state index in [1.165, 1.54) is 19.3 Å². The van der Waals surface area contributed by atoms with E-state index in [1.54, 1.807) is 0 Å². The lowest BCUT2D eigenvalue weighted by Crippen LogP contribution is -2.44. The molecule has 1 N–H and O–H groups in total. The van der Waals surface area contributed by atoms with E-state index in [4.69, 9.17) is 9.51 Å². The Balaban J connectivity index is 0.00000161. The lowest BCUT2D eigenvalue weighted by atomic mass is 9.64. The van der Waals surface area contributed by atoms with Crippen LogP contribution in [0.3, 0.4) is 0 Å². The summed E-state index contributed by atoms with van der Waals surface area (Å²) >= 11 is 0. The Hall–Kier alpha value is -0.650. The van der Waals surface area contributed by atoms with Crippen LogP contribution in [0.2, 0.25) is 0 Å². The highest BCUT2D eigenvalue weighted by Crippen LogP contribution is 2.47. The summed E-state index contributed by atoms with van der Waals surface area (Å²) in [5, 5.41) is 7.69. The molecule has 1 saturated carbocycles. The van der Waals surface area contributed by atoms with E-state index >= 15 is 0 Å². The molecular formula is C15H27ClN4O. The summed E-state index contributed by atoms with van der Waals surface area (Å²) in [5.74, 6) is 2.40. The Bertz CT molecular complexity index is 458. The van der Waals surface area contributed by atoms with Gasteiger partial charge in [-0.15, -0.1) is 12.4 Å². The van der Waals surface area contributed by atoms with Crippen LogP contribution in [-0.4, -0.2) is 41.7 Å². The van der Waals surface area contributed by atoms with E-state index in [-0.39, 0.29) is 23.9 Å². The third kappa shape index (κ3) is 3.25. The molecule has 1 aromatic rings. The summed E-state index contributed by atoms with van der Waals surface area (Å²) in [4.78, 5) is 7.08. The Morgan fingerprint density at radius 2 is 2.19 bits per heavy atom. The second kappa shape index (κ2) is 6.63. The highest BCUT2D eigenvalue weighted by molar-refractivity contribution is 5.85. The van der Waals surface area contributed by atoms with Gasteiger partial charge in [0.1, 0.15) is 0 Å². The number of aromatic nitrogens is 2. The molecule has 3 rings (SSSR count). The second-order valence-corrected chi connectivity index (χ2v) is 6.89. The minimum atomic E-state index is 0. The average Bonchev–Trinajstić information content (AvgIpc) is 2.83. The van der Waals surface area contributed by atoms with Gasteiger partial charge in [-0.1, -0.05) is 25.4 Å². The van der Waals surface area contributed by atoms with Crippen molar-refractivity contribution in [3.8, 4) is 0 Å². The first-order valence-electron chi connectivity index (χ1n) is 7.86. The van der Waals surface area contributed by atoms with E-state index in [1.807, 2.05) is 0 Å². The van der Waals surface area contributed by atoms with Gasteiger partial charge in [0.05, 0.1) is 6.04 Å². The van der Waals surface area contributed by atoms with Gasteiger partial charge < -0.3 is 9.84 Å². The van der Waals surface area contributed by atoms with Crippen LogP contribution in [0.25, 0.3) is 0 Å². The van der Waals surface area contributed by atoms with Gasteiger partial charge in [-0.3, -0.25) is 4.90 Å². The molecule has 1 unspecified atom stereocenters. The third-order valence-electron chi connectivity index (χ3n) is 4.81. The van der Waals surface area contributed by atoms with Crippen molar-refractivity contribution in [1.29, 1.82) is 0 Å². The van der Waals surface area contributed by atoms with E-state index in [2.05, 4.69) is 36.3 Å². The van der Waals surface area contributed by atoms with Crippen molar-refractivity contribution in [2.24, 2.45) is 5.92 Å². The quantitative estimate of drug-likeness (QED) is 0.925. The van der Waals surface area contributed by atoms with Crippen molar-refractivity contribution in [2.45, 2.75) is 51.0 Å². The zero-order valence-electron chi connectivity index (χ0n) is 13.3. The Morgan fingerprint density at radius 3 is 2.76 bits per heavy atom. The van der Waals surface area contributed by atoms with Crippen LogP contribution in [0.4, 0.5) is 0 Å². The molecule has 2 fully saturated rings. The molecule has 1 atom stereocenters. The predicted molar refractivity (Wildman–Crippen MR) is 84.8 cm³/mol. The summed E-state index contributed by atoms with van der Waals surface area (Å²) in [7, 11) is 2.13. The van der Waals surface area contributed by atoms with Gasteiger partial charge in [0.25, 0.3) is 0 Å². The molecule has 1 aliphatic heterocycles. The van der Waals surface area contributed by atoms with Crippen molar-refractivity contribution in [3.05, 3.63) is 11.7 Å². The topological polar surface area (TPSA) is 54.2 Å². The van der Waals surface area contributed by atoms with Crippen molar-refractivity contribution < 1.29 is 4.52 Å². The van der Waals surface area contributed by atoms with Gasteiger partial charge in [0.2, 0.25) is 5.89 Å². The fraction of sp³-hybridized carbons (Fsp3) is 0.867. The molecule has 2 heterocycles. The molecule has 5 nitrogen and oxygen atoms in total. The zero-order chi connectivity index (χ0) is 14.2. The van der Waals surface area contributed by atoms with Crippen LogP contribution >= 0.6 is 12.4 Å². The third-order valence-corrected chi connectivity index (χ3v) is 4.81. The highest BCUT2D eigenvalue weighted by Gasteiger charge is 2.44. The van der Waals surface area contributed by atoms with Crippen LogP contribution in [0.15, 0.2) is 4.52 Å². The second-order valence-electron chi connectivity index (χ2n) is 6.89. The molecule has 0 bridgehead atoms. The fourth-order valence-electron chi connectivity index (χ4n) is 3.57. The fourth-order valence-corrected chi connectivity index (χ4v) is 3.57. The minimum absolute atomic E-state index is 0. The Labute approximate surface area is 133 Å². The van der Waals surface area contributed by atoms with Crippen molar-refractivity contribution in [1.82, 2.24) is 20.4 Å². The maximum Gasteiger partial charge on any atom is 0.232 e. The molecule has 1 saturated heterocycles. The van der Waals surface area contributed by atoms with Crippen LogP contribution in [-0.2, 0) is 5.41 Å². The largest absolute Gasteiger partial charge is 0.339 e. The number of nitrogens with one attached hydrogen (secondary N) is 1. The standard InChI is InChI=1S/C15H26N4O.ClH/c1-11(2)9-15(5-4-6-15)14-17-13(18-20-14)12-10-16-7-8-19(12)3;/h11-12,16H,4-10H2,1-3H3;1H. The number of hydrogen-bond acceptors (Lipinski definition) is 5. The minimum Gasteiger partial charge on any atom is -0.339 e. The molecule has 2 aliphatic rings. The smallest absolute Gasteiger partial charge is 0.232 e. The maximum absolute atomic E-state index is 5.66. The molecule has 6 heteroatoms. The van der Waals surface area contributed by atoms with Crippen molar-refractivity contribution >= 4 is 12.4 Å². The van der Waals surface area contributed by atoms with Crippen LogP contribution in [0, 0.1) is 5.92 Å². The van der Waals surface area contributed by atoms with E-state index in [0.29, 0.717) is 5.92 Å². The molecule has 21 heavy (non-hydrogen) atoms. The van der Waals surface area contributed by atoms with Gasteiger partial charge in [-0.2, -0.15) is 4.98 Å². The first-order valence-corrected chi connectivity index (χ1v) is 7.86. The molecule has 0 radical (unpaired) electrons. The summed E-state index contributed by atoms with van der Waals surface area (Å²) in [6.07, 6.45) is 4.85. The van der Waals surface area contributed by atoms with Gasteiger partial charge in [0, 0.05) is 25.0 Å². The van der Waals surface area contributed by atoms with E-state index < -0.39 is 0 Å². The summed E-state index contributed by atoms with van der Waals surface area (Å²) in [5.41, 5.74) is 0.167. The molecular weight excluding hydrogens is 288 g/mol. The predicted octanol–water partition coefficient (Wildman–Crippen LogP) is 2.54. The molecule has 1 aliphatic carbocycles. The number of likely N-dealkylation sites (N-methyl/N-ethyl adjacent to an activating group) is 1. The SMILES string of the molecule is CC(C)CC1(c2nc(C3CNCCN3C)no2)CCC1.Cl. The summed E-state index contributed by atoms with van der Waals surface area (Å²) in [6, 6.07) is 0.248. The van der Waals surface area contributed by atoms with Crippen molar-refractivity contribution in [3.63, 3.8) is 0 Å². The zero-order valence-corrected chi connectivity index (χ0v) is 14.1. The first-order chi connectivity index (χ1) is 9.61. The summed E-state index contributed by atoms with van der Waals surface area (Å²) in [6.45, 7) is 7.53. The lowest BCUT2D eigenvalue weighted by molar-refractivity contribution is 0.143. The first kappa shape index (κ1) is 16.7. The van der Waals surface area contributed by atoms with Gasteiger partial charge >= 0.3 is 0 Å². The molecule has 120 valence electrons. The summed E-state index contributed by atoms with van der Waals surface area (Å²) < 4.78 is 5.66. The Morgan fingerprint density at radius 1 is 1.43 bits per heavy atom. The molecule has 0 aromatic carbocycles. The molecule has 0 spiro atoms. The number of nitrogens with zero attached hydrogens (tertiary/aromatic N) is 3. The number of halogens is 1. The monoisotopic (exact) mass is 314 g/mol. The highest BCUT2D eigenvalue weighted by atomic mass is 35.5. The molecule has 0 amide bonds. The van der Waals surface area contributed by atoms with Crippen LogP contribution in [0.5, 0.6) is 0 Å². The van der Waals surface area contributed by atoms with E-state index in [0.717, 1.165) is 37.8 Å². The Kier molecular flexibility index (Phi) is 5.28. The lowest BCUT2D eigenvalue weighted by Gasteiger charge is -2.39. The van der Waals surface area contributed by atoms with Crippen LogP contribution in [0.1, 0.15) is 57.3 Å². The number of rotatable bonds is 4. The number of piperazine rings is 1. The van der Waals surface area contributed by atoms with Gasteiger partial charge in [-0.25, -0.2) is 0 Å². The maximum atomic E-state index is 5.66. The van der Waals surface area contributed by atoms with Gasteiger partial charge in [-0.05, 0) is 32.2 Å². The van der Waals surface area contributed by atoms with Gasteiger partial charge in [0.15, 0.2) is 5.82 Å². The van der Waals surface area contributed by atoms with Crippen molar-refractivity contribution in [2.75, 3.05) is 26.7 Å². The van der Waals surface area contributed by atoms with Crippen LogP contribution < -0.4 is 5.32 Å². The normalized spacial score (nSPS) is 25.4.